The molecule has 0 radical (unpaired) electrons. The highest BCUT2D eigenvalue weighted by molar-refractivity contribution is 6.03. The maximum absolute atomic E-state index is 13.6. The van der Waals surface area contributed by atoms with Gasteiger partial charge in [0.15, 0.2) is 5.78 Å². The monoisotopic (exact) mass is 434 g/mol. The number of ether oxygens (including phenoxy) is 2. The van der Waals surface area contributed by atoms with Crippen LogP contribution in [0.1, 0.15) is 60.3 Å². The van der Waals surface area contributed by atoms with Gasteiger partial charge in [-0.2, -0.15) is 0 Å². The molecule has 4 rings (SSSR count). The SMILES string of the molecule is C=C1C(=O)C23C[C@H]1C[C@H](O)[C@H]2[C@@]1(C)[C@H](C[C@@H]3OC(C)=O)C(C)(C)[C@@H](OC(C)=O)C[C@@H]1O. The van der Waals surface area contributed by atoms with Gasteiger partial charge in [-0.15, -0.1) is 0 Å². The van der Waals surface area contributed by atoms with E-state index in [2.05, 4.69) is 6.58 Å². The van der Waals surface area contributed by atoms with E-state index in [4.69, 9.17) is 9.47 Å². The van der Waals surface area contributed by atoms with Crippen LogP contribution in [0.2, 0.25) is 0 Å². The van der Waals surface area contributed by atoms with Crippen molar-refractivity contribution in [1.82, 2.24) is 0 Å². The van der Waals surface area contributed by atoms with Gasteiger partial charge < -0.3 is 19.7 Å². The number of allylic oxidation sites excluding steroid dienone is 1. The molecule has 1 spiro atoms. The van der Waals surface area contributed by atoms with Crippen molar-refractivity contribution in [2.75, 3.05) is 0 Å². The van der Waals surface area contributed by atoms with E-state index in [0.29, 0.717) is 24.8 Å². The molecule has 0 aromatic heterocycles. The Bertz CT molecular complexity index is 847. The first-order valence-corrected chi connectivity index (χ1v) is 11.2. The standard InChI is InChI=1S/C24H34O7/c1-11-14-7-15(27)20-23(6)16(22(4,5)18(9-17(23)28)30-12(2)25)8-19(31-13(3)26)24(20,10-14)21(11)29/h14-20,27-28H,1,7-10H2,2-6H3/t14-,15+,16-,17+,18+,19+,20+,23+,24?/m1/s1. The molecule has 0 heterocycles. The molecule has 0 amide bonds. The molecule has 7 heteroatoms. The van der Waals surface area contributed by atoms with Gasteiger partial charge in [0, 0.05) is 37.0 Å². The summed E-state index contributed by atoms with van der Waals surface area (Å²) >= 11 is 0. The zero-order chi connectivity index (χ0) is 23.1. The number of hydrogen-bond donors (Lipinski definition) is 2. The highest BCUT2D eigenvalue weighted by atomic mass is 16.5. The average molecular weight is 435 g/mol. The van der Waals surface area contributed by atoms with Crippen molar-refractivity contribution in [2.45, 2.75) is 84.7 Å². The number of fused-ring (bicyclic) bond motifs is 3. The molecule has 2 bridgehead atoms. The second kappa shape index (κ2) is 6.88. The van der Waals surface area contributed by atoms with E-state index in [-0.39, 0.29) is 24.0 Å². The Morgan fingerprint density at radius 1 is 1.00 bits per heavy atom. The third kappa shape index (κ3) is 2.81. The van der Waals surface area contributed by atoms with Crippen molar-refractivity contribution < 1.29 is 34.1 Å². The first-order valence-electron chi connectivity index (χ1n) is 11.2. The first-order chi connectivity index (χ1) is 14.3. The van der Waals surface area contributed by atoms with Crippen molar-refractivity contribution in [1.29, 1.82) is 0 Å². The summed E-state index contributed by atoms with van der Waals surface area (Å²) in [5, 5.41) is 22.8. The fourth-order valence-corrected chi connectivity index (χ4v) is 8.00. The van der Waals surface area contributed by atoms with Crippen LogP contribution in [0.25, 0.3) is 0 Å². The smallest absolute Gasteiger partial charge is 0.302 e. The zero-order valence-electron chi connectivity index (χ0n) is 19.0. The summed E-state index contributed by atoms with van der Waals surface area (Å²) in [4.78, 5) is 37.4. The van der Waals surface area contributed by atoms with Crippen LogP contribution in [-0.2, 0) is 23.9 Å². The van der Waals surface area contributed by atoms with Crippen molar-refractivity contribution in [3.8, 4) is 0 Å². The van der Waals surface area contributed by atoms with Crippen LogP contribution in [0, 0.1) is 34.0 Å². The Balaban J connectivity index is 1.89. The molecule has 4 saturated carbocycles. The first kappa shape index (κ1) is 22.5. The summed E-state index contributed by atoms with van der Waals surface area (Å²) in [6.07, 6.45) is -1.48. The molecule has 0 aliphatic heterocycles. The Morgan fingerprint density at radius 2 is 1.58 bits per heavy atom. The number of aliphatic hydroxyl groups is 2. The maximum atomic E-state index is 13.6. The van der Waals surface area contributed by atoms with E-state index in [0.717, 1.165) is 0 Å². The van der Waals surface area contributed by atoms with Crippen molar-refractivity contribution in [3.63, 3.8) is 0 Å². The van der Waals surface area contributed by atoms with Crippen molar-refractivity contribution in [3.05, 3.63) is 12.2 Å². The Hall–Kier alpha value is -1.73. The van der Waals surface area contributed by atoms with Crippen LogP contribution in [0.5, 0.6) is 0 Å². The zero-order valence-corrected chi connectivity index (χ0v) is 19.0. The molecule has 9 atom stereocenters. The molecule has 4 fully saturated rings. The highest BCUT2D eigenvalue weighted by Gasteiger charge is 2.76. The molecule has 4 aliphatic carbocycles. The van der Waals surface area contributed by atoms with E-state index in [1.165, 1.54) is 13.8 Å². The second-order valence-corrected chi connectivity index (χ2v) is 11.0. The van der Waals surface area contributed by atoms with Crippen LogP contribution in [0.3, 0.4) is 0 Å². The molecular weight excluding hydrogens is 400 g/mol. The minimum absolute atomic E-state index is 0.139. The minimum atomic E-state index is -1.08. The lowest BCUT2D eigenvalue weighted by Gasteiger charge is -2.67. The lowest BCUT2D eigenvalue weighted by atomic mass is 9.38. The summed E-state index contributed by atoms with van der Waals surface area (Å²) in [6, 6.07) is 0. The molecule has 0 aromatic rings. The molecular formula is C24H34O7. The summed E-state index contributed by atoms with van der Waals surface area (Å²) in [7, 11) is 0. The number of aliphatic hydroxyl groups excluding tert-OH is 2. The van der Waals surface area contributed by atoms with Crippen LogP contribution < -0.4 is 0 Å². The molecule has 4 aliphatic rings. The fourth-order valence-electron chi connectivity index (χ4n) is 8.00. The van der Waals surface area contributed by atoms with Gasteiger partial charge in [0.2, 0.25) is 0 Å². The van der Waals surface area contributed by atoms with Crippen LogP contribution in [-0.4, -0.2) is 52.4 Å². The predicted octanol–water partition coefficient (Wildman–Crippen LogP) is 2.18. The lowest BCUT2D eigenvalue weighted by Crippen LogP contribution is -2.72. The summed E-state index contributed by atoms with van der Waals surface area (Å²) in [6.45, 7) is 12.6. The van der Waals surface area contributed by atoms with E-state index >= 15 is 0 Å². The van der Waals surface area contributed by atoms with Crippen molar-refractivity contribution in [2.24, 2.45) is 34.0 Å². The van der Waals surface area contributed by atoms with Crippen LogP contribution in [0.4, 0.5) is 0 Å². The number of hydrogen-bond acceptors (Lipinski definition) is 7. The molecule has 31 heavy (non-hydrogen) atoms. The normalized spacial score (nSPS) is 47.9. The average Bonchev–Trinajstić information content (AvgIpc) is 2.83. The summed E-state index contributed by atoms with van der Waals surface area (Å²) in [5.74, 6) is -2.01. The molecule has 0 saturated heterocycles. The van der Waals surface area contributed by atoms with Gasteiger partial charge in [0.05, 0.1) is 17.6 Å². The second-order valence-electron chi connectivity index (χ2n) is 11.0. The Morgan fingerprint density at radius 3 is 2.16 bits per heavy atom. The largest absolute Gasteiger partial charge is 0.462 e. The number of esters is 2. The molecule has 1 unspecified atom stereocenters. The van der Waals surface area contributed by atoms with Gasteiger partial charge in [-0.25, -0.2) is 0 Å². The Labute approximate surface area is 183 Å². The van der Waals surface area contributed by atoms with Crippen LogP contribution in [0.15, 0.2) is 12.2 Å². The Kier molecular flexibility index (Phi) is 4.99. The number of ketones is 1. The fraction of sp³-hybridized carbons (Fsp3) is 0.792. The quantitative estimate of drug-likeness (QED) is 0.506. The highest BCUT2D eigenvalue weighted by Crippen LogP contribution is 2.71. The van der Waals surface area contributed by atoms with Gasteiger partial charge >= 0.3 is 11.9 Å². The molecule has 2 N–H and O–H groups in total. The summed E-state index contributed by atoms with van der Waals surface area (Å²) < 4.78 is 11.4. The van der Waals surface area contributed by atoms with E-state index in [1.54, 1.807) is 0 Å². The lowest BCUT2D eigenvalue weighted by molar-refractivity contribution is -0.274. The van der Waals surface area contributed by atoms with Crippen molar-refractivity contribution >= 4 is 17.7 Å². The summed E-state index contributed by atoms with van der Waals surface area (Å²) in [5.41, 5.74) is -1.97. The van der Waals surface area contributed by atoms with E-state index in [9.17, 15) is 24.6 Å². The topological polar surface area (TPSA) is 110 Å². The number of Topliss-reactive ketones (excluding diaryl/α,β-unsaturated/α-hetero) is 1. The van der Waals surface area contributed by atoms with Gasteiger partial charge in [-0.1, -0.05) is 27.4 Å². The maximum Gasteiger partial charge on any atom is 0.302 e. The molecule has 7 nitrogen and oxygen atoms in total. The van der Waals surface area contributed by atoms with Gasteiger partial charge in [-0.3, -0.25) is 14.4 Å². The third-order valence-electron chi connectivity index (χ3n) is 9.20. The molecule has 172 valence electrons. The minimum Gasteiger partial charge on any atom is -0.462 e. The number of carbonyl (C=O) groups is 3. The van der Waals surface area contributed by atoms with E-state index < -0.39 is 58.5 Å². The number of rotatable bonds is 2. The number of carbonyl (C=O) groups excluding carboxylic acids is 3. The van der Waals surface area contributed by atoms with Gasteiger partial charge in [0.1, 0.15) is 12.2 Å². The molecule has 0 aromatic carbocycles. The van der Waals surface area contributed by atoms with E-state index in [1.807, 2.05) is 20.8 Å². The van der Waals surface area contributed by atoms with Gasteiger partial charge in [-0.05, 0) is 36.7 Å². The van der Waals surface area contributed by atoms with Gasteiger partial charge in [0.25, 0.3) is 0 Å². The predicted molar refractivity (Wildman–Crippen MR) is 111 cm³/mol. The van der Waals surface area contributed by atoms with Crippen LogP contribution >= 0.6 is 0 Å². The third-order valence-corrected chi connectivity index (χ3v) is 9.20.